The number of rotatable bonds is 11. The van der Waals surface area contributed by atoms with E-state index in [1.165, 1.54) is 0 Å². The molecule has 1 aliphatic heterocycles. The van der Waals surface area contributed by atoms with Crippen LogP contribution in [-0.4, -0.2) is 68.2 Å². The number of alkyl carbamates (subject to hydrolysis) is 1. The summed E-state index contributed by atoms with van der Waals surface area (Å²) in [4.78, 5) is 30.5. The number of nitrogens with zero attached hydrogens (tertiary/aromatic N) is 2. The number of aliphatic imine (C=N–C) groups is 1. The number of amides is 2. The maximum Gasteiger partial charge on any atom is 0.407 e. The SMILES string of the molecule is CCNC(=NCC(CC(C)C)NC(=O)OCC)NCCCN1CCCCCC1=O. The average Bonchev–Trinajstić information content (AvgIpc) is 2.86. The van der Waals surface area contributed by atoms with Crippen LogP contribution in [0.5, 0.6) is 0 Å². The molecule has 0 saturated carbocycles. The van der Waals surface area contributed by atoms with E-state index in [1.807, 2.05) is 11.8 Å². The van der Waals surface area contributed by atoms with Gasteiger partial charge in [0.2, 0.25) is 5.91 Å². The Labute approximate surface area is 176 Å². The van der Waals surface area contributed by atoms with Crippen LogP contribution in [0.2, 0.25) is 0 Å². The van der Waals surface area contributed by atoms with Crippen molar-refractivity contribution in [1.29, 1.82) is 0 Å². The number of ether oxygens (including phenoxy) is 1. The fraction of sp³-hybridized carbons (Fsp3) is 0.857. The maximum absolute atomic E-state index is 12.1. The zero-order valence-corrected chi connectivity index (χ0v) is 18.8. The van der Waals surface area contributed by atoms with Gasteiger partial charge in [0, 0.05) is 32.6 Å². The first-order valence-electron chi connectivity index (χ1n) is 11.2. The smallest absolute Gasteiger partial charge is 0.407 e. The molecule has 0 aromatic carbocycles. The zero-order valence-electron chi connectivity index (χ0n) is 18.8. The van der Waals surface area contributed by atoms with Crippen molar-refractivity contribution in [1.82, 2.24) is 20.9 Å². The molecule has 0 aromatic heterocycles. The molecule has 1 fully saturated rings. The van der Waals surface area contributed by atoms with Crippen molar-refractivity contribution in [3.05, 3.63) is 0 Å². The molecule has 0 aromatic rings. The summed E-state index contributed by atoms with van der Waals surface area (Å²) < 4.78 is 5.00. The van der Waals surface area contributed by atoms with Crippen molar-refractivity contribution < 1.29 is 14.3 Å². The molecule has 0 bridgehead atoms. The lowest BCUT2D eigenvalue weighted by molar-refractivity contribution is -0.130. The molecule has 1 aliphatic rings. The van der Waals surface area contributed by atoms with Crippen LogP contribution in [0.15, 0.2) is 4.99 Å². The third-order valence-electron chi connectivity index (χ3n) is 4.74. The van der Waals surface area contributed by atoms with Gasteiger partial charge in [0.15, 0.2) is 5.96 Å². The number of guanidine groups is 1. The van der Waals surface area contributed by atoms with Crippen molar-refractivity contribution in [3.8, 4) is 0 Å². The molecular formula is C21H41N5O3. The quantitative estimate of drug-likeness (QED) is 0.276. The highest BCUT2D eigenvalue weighted by molar-refractivity contribution is 5.79. The molecule has 168 valence electrons. The van der Waals surface area contributed by atoms with Gasteiger partial charge in [-0.15, -0.1) is 0 Å². The van der Waals surface area contributed by atoms with Crippen molar-refractivity contribution >= 4 is 18.0 Å². The summed E-state index contributed by atoms with van der Waals surface area (Å²) in [5.74, 6) is 1.46. The number of carbonyl (C=O) groups excluding carboxylic acids is 2. The molecule has 0 radical (unpaired) electrons. The van der Waals surface area contributed by atoms with Crippen LogP contribution < -0.4 is 16.0 Å². The van der Waals surface area contributed by atoms with Gasteiger partial charge < -0.3 is 25.6 Å². The van der Waals surface area contributed by atoms with Crippen molar-refractivity contribution in [2.45, 2.75) is 72.3 Å². The molecule has 1 rings (SSSR count). The van der Waals surface area contributed by atoms with Gasteiger partial charge in [0.05, 0.1) is 19.2 Å². The van der Waals surface area contributed by atoms with Gasteiger partial charge in [0.1, 0.15) is 0 Å². The van der Waals surface area contributed by atoms with E-state index in [9.17, 15) is 9.59 Å². The second-order valence-corrected chi connectivity index (χ2v) is 7.88. The molecule has 0 aliphatic carbocycles. The Balaban J connectivity index is 2.49. The molecule has 8 heteroatoms. The van der Waals surface area contributed by atoms with Gasteiger partial charge in [-0.2, -0.15) is 0 Å². The first-order valence-corrected chi connectivity index (χ1v) is 11.2. The summed E-state index contributed by atoms with van der Waals surface area (Å²) in [5.41, 5.74) is 0. The van der Waals surface area contributed by atoms with Crippen LogP contribution in [0.25, 0.3) is 0 Å². The highest BCUT2D eigenvalue weighted by atomic mass is 16.5. The van der Waals surface area contributed by atoms with Crippen molar-refractivity contribution in [2.75, 3.05) is 39.3 Å². The molecule has 0 spiro atoms. The molecule has 2 amide bonds. The Morgan fingerprint density at radius 1 is 1.21 bits per heavy atom. The number of hydrogen-bond donors (Lipinski definition) is 3. The van der Waals surface area contributed by atoms with E-state index in [0.717, 1.165) is 64.2 Å². The summed E-state index contributed by atoms with van der Waals surface area (Å²) in [6.45, 7) is 12.1. The average molecular weight is 412 g/mol. The largest absolute Gasteiger partial charge is 0.450 e. The van der Waals surface area contributed by atoms with Gasteiger partial charge >= 0.3 is 6.09 Å². The number of likely N-dealkylation sites (tertiary alicyclic amines) is 1. The topological polar surface area (TPSA) is 95.1 Å². The third-order valence-corrected chi connectivity index (χ3v) is 4.74. The van der Waals surface area contributed by atoms with Crippen LogP contribution in [0, 0.1) is 5.92 Å². The Morgan fingerprint density at radius 2 is 2.00 bits per heavy atom. The Bertz CT molecular complexity index is 511. The molecule has 3 N–H and O–H groups in total. The lowest BCUT2D eigenvalue weighted by Crippen LogP contribution is -2.42. The van der Waals surface area contributed by atoms with Gasteiger partial charge in [-0.1, -0.05) is 20.3 Å². The Kier molecular flexibility index (Phi) is 12.9. The summed E-state index contributed by atoms with van der Waals surface area (Å²) in [7, 11) is 0. The molecule has 1 atom stereocenters. The van der Waals surface area contributed by atoms with Gasteiger partial charge in [-0.25, -0.2) is 4.79 Å². The second-order valence-electron chi connectivity index (χ2n) is 7.88. The van der Waals surface area contributed by atoms with E-state index in [1.54, 1.807) is 6.92 Å². The first kappa shape index (κ1) is 25.0. The second kappa shape index (κ2) is 14.9. The molecule has 8 nitrogen and oxygen atoms in total. The molecular weight excluding hydrogens is 370 g/mol. The maximum atomic E-state index is 12.1. The summed E-state index contributed by atoms with van der Waals surface area (Å²) in [6, 6.07) is -0.0702. The summed E-state index contributed by atoms with van der Waals surface area (Å²) in [5, 5.41) is 9.48. The fourth-order valence-corrected chi connectivity index (χ4v) is 3.38. The number of nitrogens with one attached hydrogen (secondary N) is 3. The van der Waals surface area contributed by atoms with Gasteiger partial charge in [-0.05, 0) is 45.4 Å². The zero-order chi connectivity index (χ0) is 21.5. The predicted octanol–water partition coefficient (Wildman–Crippen LogP) is 2.50. The molecule has 1 heterocycles. The van der Waals surface area contributed by atoms with Crippen LogP contribution in [0.3, 0.4) is 0 Å². The number of carbonyl (C=O) groups is 2. The van der Waals surface area contributed by atoms with Crippen LogP contribution in [0.1, 0.15) is 66.2 Å². The van der Waals surface area contributed by atoms with E-state index < -0.39 is 6.09 Å². The van der Waals surface area contributed by atoms with Crippen molar-refractivity contribution in [2.24, 2.45) is 10.9 Å². The number of hydrogen-bond acceptors (Lipinski definition) is 4. The highest BCUT2D eigenvalue weighted by Gasteiger charge is 2.16. The lowest BCUT2D eigenvalue weighted by atomic mass is 10.0. The Hall–Kier alpha value is -1.99. The highest BCUT2D eigenvalue weighted by Crippen LogP contribution is 2.11. The normalized spacial score (nSPS) is 16.4. The van der Waals surface area contributed by atoms with Crippen LogP contribution in [-0.2, 0) is 9.53 Å². The third kappa shape index (κ3) is 11.6. The first-order chi connectivity index (χ1) is 14.0. The predicted molar refractivity (Wildman–Crippen MR) is 117 cm³/mol. The van der Waals surface area contributed by atoms with Crippen molar-refractivity contribution in [3.63, 3.8) is 0 Å². The lowest BCUT2D eigenvalue weighted by Gasteiger charge is -2.21. The Morgan fingerprint density at radius 3 is 2.69 bits per heavy atom. The van der Waals surface area contributed by atoms with E-state index in [-0.39, 0.29) is 11.9 Å². The molecule has 1 unspecified atom stereocenters. The van der Waals surface area contributed by atoms with Gasteiger partial charge in [0.25, 0.3) is 0 Å². The molecule has 29 heavy (non-hydrogen) atoms. The monoisotopic (exact) mass is 411 g/mol. The minimum atomic E-state index is -0.395. The fourth-order valence-electron chi connectivity index (χ4n) is 3.38. The van der Waals surface area contributed by atoms with E-state index in [2.05, 4.69) is 34.8 Å². The molecule has 1 saturated heterocycles. The van der Waals surface area contributed by atoms with E-state index >= 15 is 0 Å². The van der Waals surface area contributed by atoms with Crippen LogP contribution in [0.4, 0.5) is 4.79 Å². The van der Waals surface area contributed by atoms with Crippen LogP contribution >= 0.6 is 0 Å². The van der Waals surface area contributed by atoms with E-state index in [0.29, 0.717) is 25.5 Å². The summed E-state index contributed by atoms with van der Waals surface area (Å²) in [6.07, 6.45) is 5.27. The summed E-state index contributed by atoms with van der Waals surface area (Å²) >= 11 is 0. The van der Waals surface area contributed by atoms with Gasteiger partial charge in [-0.3, -0.25) is 9.79 Å². The van der Waals surface area contributed by atoms with E-state index in [4.69, 9.17) is 4.74 Å². The minimum absolute atomic E-state index is 0.0702. The minimum Gasteiger partial charge on any atom is -0.450 e. The standard InChI is InChI=1S/C21H41N5O3/c1-5-22-20(23-12-10-14-26-13-9-7-8-11-19(26)27)24-16-18(15-17(3)4)25-21(28)29-6-2/h17-18H,5-16H2,1-4H3,(H,25,28)(H2,22,23,24).